The molecule has 232 valence electrons. The minimum atomic E-state index is -0.962. The van der Waals surface area contributed by atoms with E-state index in [1.54, 1.807) is 24.3 Å². The fourth-order valence-corrected chi connectivity index (χ4v) is 6.09. The Morgan fingerprint density at radius 2 is 1.51 bits per heavy atom. The van der Waals surface area contributed by atoms with Crippen molar-refractivity contribution in [3.63, 3.8) is 0 Å². The molecule has 0 aliphatic carbocycles. The van der Waals surface area contributed by atoms with Crippen LogP contribution in [-0.4, -0.2) is 83.9 Å². The molecule has 4 amide bonds. The van der Waals surface area contributed by atoms with Crippen LogP contribution in [0.3, 0.4) is 0 Å². The number of nitrogens with zero attached hydrogens (tertiary/aromatic N) is 3. The maximum absolute atomic E-state index is 13.2. The molecule has 1 atom stereocenters. The van der Waals surface area contributed by atoms with Gasteiger partial charge in [-0.1, -0.05) is 30.8 Å². The van der Waals surface area contributed by atoms with E-state index in [4.69, 9.17) is 4.74 Å². The number of phenols is 1. The number of imide groups is 2. The summed E-state index contributed by atoms with van der Waals surface area (Å²) in [6.45, 7) is 9.16. The number of carbonyl (C=O) groups is 4. The van der Waals surface area contributed by atoms with E-state index in [0.717, 1.165) is 78.6 Å². The van der Waals surface area contributed by atoms with Gasteiger partial charge in [0, 0.05) is 38.3 Å². The Labute approximate surface area is 261 Å². The minimum absolute atomic E-state index is 0.0980. The van der Waals surface area contributed by atoms with E-state index in [1.165, 1.54) is 0 Å². The van der Waals surface area contributed by atoms with Crippen molar-refractivity contribution in [2.24, 2.45) is 0 Å². The van der Waals surface area contributed by atoms with E-state index in [1.807, 2.05) is 42.5 Å². The van der Waals surface area contributed by atoms with Crippen LogP contribution < -0.4 is 15.0 Å². The van der Waals surface area contributed by atoms with E-state index in [9.17, 15) is 24.3 Å². The van der Waals surface area contributed by atoms with Crippen LogP contribution in [0, 0.1) is 0 Å². The Kier molecular flexibility index (Phi) is 8.66. The highest BCUT2D eigenvalue weighted by molar-refractivity contribution is 6.23. The summed E-state index contributed by atoms with van der Waals surface area (Å²) in [4.78, 5) is 55.7. The maximum Gasteiger partial charge on any atom is 0.262 e. The van der Waals surface area contributed by atoms with Gasteiger partial charge in [-0.3, -0.25) is 34.3 Å². The van der Waals surface area contributed by atoms with Crippen molar-refractivity contribution >= 4 is 34.9 Å². The fourth-order valence-electron chi connectivity index (χ4n) is 6.09. The number of anilines is 1. The van der Waals surface area contributed by atoms with Gasteiger partial charge in [0.25, 0.3) is 11.8 Å². The van der Waals surface area contributed by atoms with Gasteiger partial charge in [0.15, 0.2) is 0 Å². The van der Waals surface area contributed by atoms with Gasteiger partial charge in [0.2, 0.25) is 11.8 Å². The molecule has 2 N–H and O–H groups in total. The summed E-state index contributed by atoms with van der Waals surface area (Å²) >= 11 is 0. The number of piperidine rings is 1. The number of rotatable bonds is 10. The Morgan fingerprint density at radius 1 is 0.844 bits per heavy atom. The zero-order chi connectivity index (χ0) is 31.5. The van der Waals surface area contributed by atoms with Crippen molar-refractivity contribution in [3.8, 4) is 11.5 Å². The molecule has 2 saturated heterocycles. The third-order valence-corrected chi connectivity index (χ3v) is 8.72. The molecule has 3 aromatic rings. The Morgan fingerprint density at radius 3 is 2.20 bits per heavy atom. The summed E-state index contributed by atoms with van der Waals surface area (Å²) < 4.78 is 5.95. The molecule has 0 saturated carbocycles. The van der Waals surface area contributed by atoms with Gasteiger partial charge >= 0.3 is 0 Å². The molecule has 3 aromatic carbocycles. The summed E-state index contributed by atoms with van der Waals surface area (Å²) in [7, 11) is 0. The van der Waals surface area contributed by atoms with Gasteiger partial charge in [-0.25, -0.2) is 0 Å². The summed E-state index contributed by atoms with van der Waals surface area (Å²) in [5.74, 6) is -0.914. The van der Waals surface area contributed by atoms with Crippen molar-refractivity contribution < 1.29 is 29.0 Å². The highest BCUT2D eigenvalue weighted by Gasteiger charge is 2.44. The first-order chi connectivity index (χ1) is 21.8. The molecule has 1 unspecified atom stereocenters. The molecule has 0 aromatic heterocycles. The predicted molar refractivity (Wildman–Crippen MR) is 169 cm³/mol. The number of benzene rings is 3. The number of phenolic OH excluding ortho intramolecular Hbond substituents is 1. The van der Waals surface area contributed by atoms with Gasteiger partial charge in [-0.05, 0) is 85.0 Å². The number of ether oxygens (including phenoxy) is 1. The first-order valence-electron chi connectivity index (χ1n) is 15.3. The lowest BCUT2D eigenvalue weighted by molar-refractivity contribution is -0.136. The van der Waals surface area contributed by atoms with Crippen molar-refractivity contribution in [1.29, 1.82) is 0 Å². The standard InChI is InChI=1S/C35H36N4O6/c1-23(24-4-9-27(40)10-5-24)25-6-11-28(12-7-25)45-21-3-2-16-37-17-19-38(20-18-37)26-8-13-29-30(22-26)35(44)39(34(29)43)31-14-15-32(41)36-33(31)42/h4-13,22,31,40H,1-3,14-21H2,(H,36,41,42). The summed E-state index contributed by atoms with van der Waals surface area (Å²) in [6.07, 6.45) is 2.19. The molecule has 10 nitrogen and oxygen atoms in total. The maximum atomic E-state index is 13.2. The first kappa shape index (κ1) is 30.1. The van der Waals surface area contributed by atoms with Crippen molar-refractivity contribution in [1.82, 2.24) is 15.1 Å². The van der Waals surface area contributed by atoms with E-state index in [2.05, 4.69) is 21.7 Å². The van der Waals surface area contributed by atoms with Gasteiger partial charge in [0.05, 0.1) is 17.7 Å². The number of amides is 4. The van der Waals surface area contributed by atoms with Crippen LogP contribution >= 0.6 is 0 Å². The molecule has 0 radical (unpaired) electrons. The van der Waals surface area contributed by atoms with Crippen LogP contribution in [0.25, 0.3) is 5.57 Å². The summed E-state index contributed by atoms with van der Waals surface area (Å²) in [6, 6.07) is 19.2. The average Bonchev–Trinajstić information content (AvgIpc) is 3.30. The second-order valence-corrected chi connectivity index (χ2v) is 11.6. The van der Waals surface area contributed by atoms with Crippen LogP contribution in [0.4, 0.5) is 5.69 Å². The third-order valence-electron chi connectivity index (χ3n) is 8.72. The van der Waals surface area contributed by atoms with Gasteiger partial charge in [0.1, 0.15) is 17.5 Å². The van der Waals surface area contributed by atoms with Gasteiger partial charge in [-0.15, -0.1) is 0 Å². The normalized spacial score (nSPS) is 18.6. The fraction of sp³-hybridized carbons (Fsp3) is 0.314. The highest BCUT2D eigenvalue weighted by atomic mass is 16.5. The quantitative estimate of drug-likeness (QED) is 0.263. The van der Waals surface area contributed by atoms with Crippen LogP contribution in [0.5, 0.6) is 11.5 Å². The SMILES string of the molecule is C=C(c1ccc(O)cc1)c1ccc(OCCCCN2CCN(c3ccc4c(c3)C(=O)N(C3CCC(=O)NC3=O)C4=O)CC2)cc1. The minimum Gasteiger partial charge on any atom is -0.508 e. The second-order valence-electron chi connectivity index (χ2n) is 11.6. The van der Waals surface area contributed by atoms with Crippen molar-refractivity contribution in [2.75, 3.05) is 44.2 Å². The van der Waals surface area contributed by atoms with E-state index in [0.29, 0.717) is 17.7 Å². The second kappa shape index (κ2) is 13.0. The van der Waals surface area contributed by atoms with E-state index in [-0.39, 0.29) is 24.5 Å². The average molecular weight is 609 g/mol. The van der Waals surface area contributed by atoms with Gasteiger partial charge < -0.3 is 14.7 Å². The van der Waals surface area contributed by atoms with E-state index < -0.39 is 23.8 Å². The number of hydrogen-bond acceptors (Lipinski definition) is 8. The number of fused-ring (bicyclic) bond motifs is 1. The molecular formula is C35H36N4O6. The Hall–Kier alpha value is -4.96. The third kappa shape index (κ3) is 6.46. The number of hydrogen-bond donors (Lipinski definition) is 2. The molecule has 3 aliphatic heterocycles. The molecule has 3 aliphatic rings. The number of aromatic hydroxyl groups is 1. The summed E-state index contributed by atoms with van der Waals surface area (Å²) in [5.41, 5.74) is 4.33. The highest BCUT2D eigenvalue weighted by Crippen LogP contribution is 2.31. The molecule has 2 fully saturated rings. The summed E-state index contributed by atoms with van der Waals surface area (Å²) in [5, 5.41) is 11.7. The number of piperazine rings is 1. The Bertz CT molecular complexity index is 1630. The zero-order valence-electron chi connectivity index (χ0n) is 25.0. The molecule has 6 rings (SSSR count). The lowest BCUT2D eigenvalue weighted by Crippen LogP contribution is -2.54. The van der Waals surface area contributed by atoms with Crippen molar-refractivity contribution in [3.05, 3.63) is 95.6 Å². The van der Waals surface area contributed by atoms with Gasteiger partial charge in [-0.2, -0.15) is 0 Å². The Balaban J connectivity index is 0.930. The predicted octanol–water partition coefficient (Wildman–Crippen LogP) is 3.84. The lowest BCUT2D eigenvalue weighted by atomic mass is 9.99. The largest absolute Gasteiger partial charge is 0.508 e. The smallest absolute Gasteiger partial charge is 0.262 e. The zero-order valence-corrected chi connectivity index (χ0v) is 25.0. The number of carbonyl (C=O) groups excluding carboxylic acids is 4. The lowest BCUT2D eigenvalue weighted by Gasteiger charge is -2.36. The molecule has 0 spiro atoms. The van der Waals surface area contributed by atoms with Crippen LogP contribution in [0.15, 0.2) is 73.3 Å². The first-order valence-corrected chi connectivity index (χ1v) is 15.3. The topological polar surface area (TPSA) is 119 Å². The molecular weight excluding hydrogens is 572 g/mol. The monoisotopic (exact) mass is 608 g/mol. The molecule has 45 heavy (non-hydrogen) atoms. The number of unbranched alkanes of at least 4 members (excludes halogenated alkanes) is 1. The van der Waals surface area contributed by atoms with Crippen LogP contribution in [0.1, 0.15) is 57.5 Å². The van der Waals surface area contributed by atoms with Crippen LogP contribution in [0.2, 0.25) is 0 Å². The van der Waals surface area contributed by atoms with Crippen LogP contribution in [-0.2, 0) is 9.59 Å². The number of nitrogens with one attached hydrogen (secondary N) is 1. The molecule has 0 bridgehead atoms. The van der Waals surface area contributed by atoms with Crippen molar-refractivity contribution in [2.45, 2.75) is 31.7 Å². The van der Waals surface area contributed by atoms with E-state index >= 15 is 0 Å². The molecule has 10 heteroatoms. The molecule has 3 heterocycles.